The molecule has 18 heavy (non-hydrogen) atoms. The lowest BCUT2D eigenvalue weighted by molar-refractivity contribution is 0.0788. The highest BCUT2D eigenvalue weighted by Gasteiger charge is 2.25. The molecule has 1 amide bonds. The van der Waals surface area contributed by atoms with E-state index in [0.717, 1.165) is 19.5 Å². The van der Waals surface area contributed by atoms with E-state index in [0.29, 0.717) is 17.0 Å². The standard InChI is InChI=1S/C15H17NO2/c1-12-8-9-16(11-12)15(18)14-7-3-2-5-13(14)6-4-10-17/h2-3,5,7,12,17H,8-11H2,1H3. The number of carbonyl (C=O) groups excluding carboxylic acids is 1. The average molecular weight is 243 g/mol. The van der Waals surface area contributed by atoms with Gasteiger partial charge in [-0.05, 0) is 24.5 Å². The molecule has 3 nitrogen and oxygen atoms in total. The normalized spacial score (nSPS) is 18.3. The Hall–Kier alpha value is -1.79. The smallest absolute Gasteiger partial charge is 0.255 e. The molecule has 3 heteroatoms. The Balaban J connectivity index is 2.24. The van der Waals surface area contributed by atoms with Gasteiger partial charge in [-0.25, -0.2) is 0 Å². The van der Waals surface area contributed by atoms with E-state index in [1.165, 1.54) is 0 Å². The van der Waals surface area contributed by atoms with Crippen molar-refractivity contribution in [1.82, 2.24) is 4.90 Å². The highest BCUT2D eigenvalue weighted by Crippen LogP contribution is 2.19. The summed E-state index contributed by atoms with van der Waals surface area (Å²) in [5.41, 5.74) is 1.32. The minimum Gasteiger partial charge on any atom is -0.384 e. The summed E-state index contributed by atoms with van der Waals surface area (Å²) in [5, 5.41) is 8.73. The molecule has 0 bridgehead atoms. The zero-order valence-electron chi connectivity index (χ0n) is 10.5. The van der Waals surface area contributed by atoms with Crippen LogP contribution >= 0.6 is 0 Å². The fraction of sp³-hybridized carbons (Fsp3) is 0.400. The van der Waals surface area contributed by atoms with Crippen LogP contribution in [0.4, 0.5) is 0 Å². The summed E-state index contributed by atoms with van der Waals surface area (Å²) >= 11 is 0. The number of rotatable bonds is 1. The van der Waals surface area contributed by atoms with E-state index in [4.69, 9.17) is 5.11 Å². The SMILES string of the molecule is CC1CCN(C(=O)c2ccccc2C#CCO)C1. The number of amides is 1. The van der Waals surface area contributed by atoms with Crippen LogP contribution in [0.5, 0.6) is 0 Å². The zero-order chi connectivity index (χ0) is 13.0. The lowest BCUT2D eigenvalue weighted by Gasteiger charge is -2.16. The van der Waals surface area contributed by atoms with Crippen molar-refractivity contribution < 1.29 is 9.90 Å². The predicted molar refractivity (Wildman–Crippen MR) is 70.1 cm³/mol. The molecule has 1 saturated heterocycles. The molecule has 1 aliphatic heterocycles. The van der Waals surface area contributed by atoms with Crippen molar-refractivity contribution in [3.05, 3.63) is 35.4 Å². The van der Waals surface area contributed by atoms with Crippen LogP contribution in [0.3, 0.4) is 0 Å². The Morgan fingerprint density at radius 1 is 1.50 bits per heavy atom. The van der Waals surface area contributed by atoms with Crippen LogP contribution in [0.25, 0.3) is 0 Å². The van der Waals surface area contributed by atoms with Crippen molar-refractivity contribution >= 4 is 5.91 Å². The number of aliphatic hydroxyl groups is 1. The number of benzene rings is 1. The van der Waals surface area contributed by atoms with Crippen molar-refractivity contribution in [2.24, 2.45) is 5.92 Å². The maximum Gasteiger partial charge on any atom is 0.255 e. The van der Waals surface area contributed by atoms with Gasteiger partial charge in [0.15, 0.2) is 0 Å². The fourth-order valence-corrected chi connectivity index (χ4v) is 2.20. The van der Waals surface area contributed by atoms with Gasteiger partial charge in [-0.15, -0.1) is 0 Å². The van der Waals surface area contributed by atoms with E-state index in [1.807, 2.05) is 23.1 Å². The largest absolute Gasteiger partial charge is 0.384 e. The van der Waals surface area contributed by atoms with E-state index < -0.39 is 0 Å². The number of likely N-dealkylation sites (tertiary alicyclic amines) is 1. The third kappa shape index (κ3) is 2.72. The van der Waals surface area contributed by atoms with Gasteiger partial charge in [0.25, 0.3) is 5.91 Å². The molecule has 1 aliphatic rings. The summed E-state index contributed by atoms with van der Waals surface area (Å²) in [6.45, 7) is 3.61. The number of aliphatic hydroxyl groups excluding tert-OH is 1. The van der Waals surface area contributed by atoms with Gasteiger partial charge in [0.2, 0.25) is 0 Å². The first-order chi connectivity index (χ1) is 8.72. The molecule has 0 aliphatic carbocycles. The van der Waals surface area contributed by atoms with E-state index in [-0.39, 0.29) is 12.5 Å². The minimum absolute atomic E-state index is 0.0437. The van der Waals surface area contributed by atoms with Gasteiger partial charge in [-0.1, -0.05) is 30.9 Å². The van der Waals surface area contributed by atoms with Gasteiger partial charge in [-0.2, -0.15) is 0 Å². The highest BCUT2D eigenvalue weighted by atomic mass is 16.2. The molecule has 0 aromatic heterocycles. The van der Waals surface area contributed by atoms with Crippen molar-refractivity contribution in [2.75, 3.05) is 19.7 Å². The van der Waals surface area contributed by atoms with Crippen molar-refractivity contribution in [3.63, 3.8) is 0 Å². The van der Waals surface area contributed by atoms with Crippen molar-refractivity contribution in [2.45, 2.75) is 13.3 Å². The number of hydrogen-bond donors (Lipinski definition) is 1. The first-order valence-corrected chi connectivity index (χ1v) is 6.20. The van der Waals surface area contributed by atoms with E-state index in [2.05, 4.69) is 18.8 Å². The van der Waals surface area contributed by atoms with E-state index >= 15 is 0 Å². The Labute approximate surface area is 107 Å². The van der Waals surface area contributed by atoms with Crippen molar-refractivity contribution in [1.29, 1.82) is 0 Å². The van der Waals surface area contributed by atoms with Gasteiger partial charge < -0.3 is 10.0 Å². The van der Waals surface area contributed by atoms with Gasteiger partial charge in [0.05, 0.1) is 5.56 Å². The molecule has 1 heterocycles. The maximum absolute atomic E-state index is 12.4. The highest BCUT2D eigenvalue weighted by molar-refractivity contribution is 5.96. The summed E-state index contributed by atoms with van der Waals surface area (Å²) in [6.07, 6.45) is 1.07. The summed E-state index contributed by atoms with van der Waals surface area (Å²) in [4.78, 5) is 14.3. The minimum atomic E-state index is -0.191. The molecule has 1 fully saturated rings. The van der Waals surface area contributed by atoms with E-state index in [9.17, 15) is 4.79 Å². The van der Waals surface area contributed by atoms with Crippen LogP contribution < -0.4 is 0 Å². The monoisotopic (exact) mass is 243 g/mol. The van der Waals surface area contributed by atoms with Gasteiger partial charge in [0.1, 0.15) is 6.61 Å². The summed E-state index contributed by atoms with van der Waals surface area (Å²) in [5.74, 6) is 6.04. The summed E-state index contributed by atoms with van der Waals surface area (Å²) < 4.78 is 0. The van der Waals surface area contributed by atoms with Gasteiger partial charge in [0, 0.05) is 18.7 Å². The molecule has 1 atom stereocenters. The molecular weight excluding hydrogens is 226 g/mol. The lowest BCUT2D eigenvalue weighted by Crippen LogP contribution is -2.29. The molecule has 2 rings (SSSR count). The second-order valence-corrected chi connectivity index (χ2v) is 4.65. The van der Waals surface area contributed by atoms with Gasteiger partial charge >= 0.3 is 0 Å². The summed E-state index contributed by atoms with van der Waals surface area (Å²) in [7, 11) is 0. The third-order valence-electron chi connectivity index (χ3n) is 3.17. The number of carbonyl (C=O) groups is 1. The molecule has 0 spiro atoms. The topological polar surface area (TPSA) is 40.5 Å². The van der Waals surface area contributed by atoms with Crippen LogP contribution in [0.2, 0.25) is 0 Å². The van der Waals surface area contributed by atoms with Crippen LogP contribution in [0.1, 0.15) is 29.3 Å². The average Bonchev–Trinajstić information content (AvgIpc) is 2.82. The lowest BCUT2D eigenvalue weighted by atomic mass is 10.1. The molecule has 1 aromatic rings. The van der Waals surface area contributed by atoms with Crippen molar-refractivity contribution in [3.8, 4) is 11.8 Å². The Morgan fingerprint density at radius 2 is 2.28 bits per heavy atom. The quantitative estimate of drug-likeness (QED) is 0.760. The number of hydrogen-bond acceptors (Lipinski definition) is 2. The molecule has 1 aromatic carbocycles. The zero-order valence-corrected chi connectivity index (χ0v) is 10.5. The molecule has 94 valence electrons. The Kier molecular flexibility index (Phi) is 4.01. The molecule has 0 saturated carbocycles. The molecule has 1 unspecified atom stereocenters. The second-order valence-electron chi connectivity index (χ2n) is 4.65. The van der Waals surface area contributed by atoms with Crippen LogP contribution in [-0.2, 0) is 0 Å². The second kappa shape index (κ2) is 5.70. The predicted octanol–water partition coefficient (Wildman–Crippen LogP) is 1.51. The van der Waals surface area contributed by atoms with Gasteiger partial charge in [-0.3, -0.25) is 4.79 Å². The first kappa shape index (κ1) is 12.7. The molecule has 1 N–H and O–H groups in total. The first-order valence-electron chi connectivity index (χ1n) is 6.20. The fourth-order valence-electron chi connectivity index (χ4n) is 2.20. The van der Waals surface area contributed by atoms with Crippen LogP contribution in [-0.4, -0.2) is 35.6 Å². The third-order valence-corrected chi connectivity index (χ3v) is 3.17. The number of nitrogens with zero attached hydrogens (tertiary/aromatic N) is 1. The molecule has 0 radical (unpaired) electrons. The summed E-state index contributed by atoms with van der Waals surface area (Å²) in [6, 6.07) is 7.31. The van der Waals surface area contributed by atoms with Crippen LogP contribution in [0.15, 0.2) is 24.3 Å². The van der Waals surface area contributed by atoms with Crippen LogP contribution in [0, 0.1) is 17.8 Å². The van der Waals surface area contributed by atoms with E-state index in [1.54, 1.807) is 6.07 Å². The molecular formula is C15H17NO2. The Morgan fingerprint density at radius 3 is 2.94 bits per heavy atom. The maximum atomic E-state index is 12.4. The Bertz CT molecular complexity index is 499.